The van der Waals surface area contributed by atoms with Crippen molar-refractivity contribution >= 4 is 15.7 Å². The number of sulfone groups is 1. The molecule has 0 aliphatic carbocycles. The Balaban J connectivity index is 1.98. The van der Waals surface area contributed by atoms with Crippen LogP contribution in [0.5, 0.6) is 0 Å². The van der Waals surface area contributed by atoms with Gasteiger partial charge in [0.2, 0.25) is 0 Å². The van der Waals surface area contributed by atoms with Gasteiger partial charge in [0.25, 0.3) is 5.91 Å². The smallest absolute Gasteiger partial charge is 0.269 e. The third kappa shape index (κ3) is 4.57. The number of nitrogens with one attached hydrogen (secondary N) is 2. The summed E-state index contributed by atoms with van der Waals surface area (Å²) in [6.45, 7) is 0.131. The number of rotatable bonds is 5. The van der Waals surface area contributed by atoms with E-state index in [1.54, 1.807) is 6.07 Å². The van der Waals surface area contributed by atoms with Crippen LogP contribution in [0.1, 0.15) is 10.5 Å². The maximum atomic E-state index is 11.8. The van der Waals surface area contributed by atoms with Gasteiger partial charge >= 0.3 is 0 Å². The number of carbonyl (C=O) groups excluding carboxylic acids is 1. The fourth-order valence-corrected chi connectivity index (χ4v) is 2.11. The van der Waals surface area contributed by atoms with E-state index in [9.17, 15) is 13.2 Å². The fourth-order valence-electron chi connectivity index (χ4n) is 1.66. The second kappa shape index (κ2) is 6.36. The molecule has 0 saturated carbocycles. The van der Waals surface area contributed by atoms with E-state index in [2.05, 4.69) is 15.5 Å². The first-order chi connectivity index (χ1) is 9.96. The summed E-state index contributed by atoms with van der Waals surface area (Å²) in [7, 11) is -3.17. The molecule has 0 bridgehead atoms. The summed E-state index contributed by atoms with van der Waals surface area (Å²) in [6.07, 6.45) is 2.47. The number of benzene rings is 1. The highest BCUT2D eigenvalue weighted by molar-refractivity contribution is 7.93. The summed E-state index contributed by atoms with van der Waals surface area (Å²) in [5.74, 6) is -0.345. The zero-order valence-electron chi connectivity index (χ0n) is 11.4. The number of H-pyrrole nitrogens is 1. The molecule has 110 valence electrons. The van der Waals surface area contributed by atoms with E-state index in [4.69, 9.17) is 0 Å². The van der Waals surface area contributed by atoms with Gasteiger partial charge in [0.05, 0.1) is 5.69 Å². The number of hydrogen-bond donors (Lipinski definition) is 2. The van der Waals surface area contributed by atoms with Gasteiger partial charge in [0.1, 0.15) is 5.69 Å². The highest BCUT2D eigenvalue weighted by atomic mass is 32.2. The zero-order valence-corrected chi connectivity index (χ0v) is 12.2. The Bertz CT molecular complexity index is 749. The van der Waals surface area contributed by atoms with E-state index in [0.29, 0.717) is 11.4 Å². The lowest BCUT2D eigenvalue weighted by Gasteiger charge is -1.98. The van der Waals surface area contributed by atoms with Gasteiger partial charge in [-0.05, 0) is 6.07 Å². The first-order valence-corrected chi connectivity index (χ1v) is 8.17. The van der Waals surface area contributed by atoms with Gasteiger partial charge in [-0.2, -0.15) is 5.10 Å². The van der Waals surface area contributed by atoms with E-state index in [1.165, 1.54) is 6.08 Å². The molecule has 1 aromatic carbocycles. The van der Waals surface area contributed by atoms with Gasteiger partial charge in [-0.15, -0.1) is 0 Å². The number of aromatic amines is 1. The van der Waals surface area contributed by atoms with Crippen LogP contribution >= 0.6 is 0 Å². The lowest BCUT2D eigenvalue weighted by molar-refractivity contribution is 0.0953. The van der Waals surface area contributed by atoms with E-state index >= 15 is 0 Å². The topological polar surface area (TPSA) is 91.9 Å². The van der Waals surface area contributed by atoms with Crippen molar-refractivity contribution in [3.8, 4) is 11.3 Å². The molecule has 1 heterocycles. The summed E-state index contributed by atoms with van der Waals surface area (Å²) in [5.41, 5.74) is 1.90. The SMILES string of the molecule is CS(=O)(=O)/C=C/CNC(=O)c1cc(-c2ccccc2)n[nH]1. The molecule has 2 N–H and O–H groups in total. The van der Waals surface area contributed by atoms with Crippen LogP contribution in [0.4, 0.5) is 0 Å². The van der Waals surface area contributed by atoms with E-state index < -0.39 is 9.84 Å². The molecule has 0 aliphatic rings. The Morgan fingerprint density at radius 1 is 1.33 bits per heavy atom. The Hall–Kier alpha value is -2.41. The molecule has 1 aromatic heterocycles. The van der Waals surface area contributed by atoms with Crippen LogP contribution in [0.3, 0.4) is 0 Å². The predicted molar refractivity (Wildman–Crippen MR) is 80.3 cm³/mol. The summed E-state index contributed by atoms with van der Waals surface area (Å²) < 4.78 is 21.8. The van der Waals surface area contributed by atoms with Gasteiger partial charge in [0, 0.05) is 23.8 Å². The van der Waals surface area contributed by atoms with Crippen molar-refractivity contribution in [2.45, 2.75) is 0 Å². The molecular formula is C14H15N3O3S. The van der Waals surface area contributed by atoms with Crippen molar-refractivity contribution in [1.29, 1.82) is 0 Å². The highest BCUT2D eigenvalue weighted by Crippen LogP contribution is 2.16. The standard InChI is InChI=1S/C14H15N3O3S/c1-21(19,20)9-5-8-15-14(18)13-10-12(16-17-13)11-6-3-2-4-7-11/h2-7,9-10H,8H2,1H3,(H,15,18)(H,16,17)/b9-5+. The molecule has 6 nitrogen and oxygen atoms in total. The second-order valence-electron chi connectivity index (χ2n) is 4.44. The Morgan fingerprint density at radius 3 is 2.71 bits per heavy atom. The Kier molecular flexibility index (Phi) is 4.54. The average molecular weight is 305 g/mol. The lowest BCUT2D eigenvalue weighted by Crippen LogP contribution is -2.23. The van der Waals surface area contributed by atoms with Crippen LogP contribution in [0.25, 0.3) is 11.3 Å². The van der Waals surface area contributed by atoms with E-state index in [-0.39, 0.29) is 12.5 Å². The molecule has 0 saturated heterocycles. The van der Waals surface area contributed by atoms with Crippen LogP contribution in [-0.4, -0.2) is 37.3 Å². The van der Waals surface area contributed by atoms with Crippen LogP contribution in [-0.2, 0) is 9.84 Å². The van der Waals surface area contributed by atoms with Crippen LogP contribution in [0.2, 0.25) is 0 Å². The number of carbonyl (C=O) groups is 1. The zero-order chi connectivity index (χ0) is 15.3. The van der Waals surface area contributed by atoms with Crippen molar-refractivity contribution in [2.75, 3.05) is 12.8 Å². The normalized spacial score (nSPS) is 11.7. The van der Waals surface area contributed by atoms with Crippen molar-refractivity contribution < 1.29 is 13.2 Å². The largest absolute Gasteiger partial charge is 0.347 e. The van der Waals surface area contributed by atoms with Crippen molar-refractivity contribution in [3.63, 3.8) is 0 Å². The molecule has 7 heteroatoms. The molecular weight excluding hydrogens is 290 g/mol. The van der Waals surface area contributed by atoms with E-state index in [0.717, 1.165) is 17.2 Å². The maximum absolute atomic E-state index is 11.8. The number of aromatic nitrogens is 2. The predicted octanol–water partition coefficient (Wildman–Crippen LogP) is 1.36. The molecule has 0 unspecified atom stereocenters. The van der Waals surface area contributed by atoms with Gasteiger partial charge in [-0.25, -0.2) is 8.42 Å². The Morgan fingerprint density at radius 2 is 2.05 bits per heavy atom. The molecule has 0 atom stereocenters. The summed E-state index contributed by atoms with van der Waals surface area (Å²) in [5, 5.41) is 10.4. The highest BCUT2D eigenvalue weighted by Gasteiger charge is 2.09. The molecule has 1 amide bonds. The van der Waals surface area contributed by atoms with Crippen LogP contribution in [0, 0.1) is 0 Å². The van der Waals surface area contributed by atoms with Crippen molar-refractivity contribution in [2.24, 2.45) is 0 Å². The number of hydrogen-bond acceptors (Lipinski definition) is 4. The van der Waals surface area contributed by atoms with Crippen molar-refractivity contribution in [1.82, 2.24) is 15.5 Å². The summed E-state index contributed by atoms with van der Waals surface area (Å²) in [4.78, 5) is 11.8. The second-order valence-corrected chi connectivity index (χ2v) is 6.38. The number of amides is 1. The van der Waals surface area contributed by atoms with Gasteiger partial charge in [-0.1, -0.05) is 36.4 Å². The molecule has 0 spiro atoms. The fraction of sp³-hybridized carbons (Fsp3) is 0.143. The minimum Gasteiger partial charge on any atom is -0.347 e. The van der Waals surface area contributed by atoms with Crippen LogP contribution < -0.4 is 5.32 Å². The summed E-state index contributed by atoms with van der Waals surface area (Å²) >= 11 is 0. The molecule has 0 aliphatic heterocycles. The average Bonchev–Trinajstić information content (AvgIpc) is 2.93. The van der Waals surface area contributed by atoms with E-state index in [1.807, 2.05) is 30.3 Å². The molecule has 2 rings (SSSR count). The lowest BCUT2D eigenvalue weighted by atomic mass is 10.1. The summed E-state index contributed by atoms with van der Waals surface area (Å²) in [6, 6.07) is 11.1. The molecule has 21 heavy (non-hydrogen) atoms. The Labute approximate surface area is 122 Å². The number of nitrogens with zero attached hydrogens (tertiary/aromatic N) is 1. The van der Waals surface area contributed by atoms with Gasteiger partial charge in [0.15, 0.2) is 9.84 Å². The minimum absolute atomic E-state index is 0.131. The van der Waals surface area contributed by atoms with Gasteiger partial charge < -0.3 is 5.32 Å². The minimum atomic E-state index is -3.17. The first kappa shape index (κ1) is 15.0. The third-order valence-electron chi connectivity index (χ3n) is 2.62. The van der Waals surface area contributed by atoms with Crippen molar-refractivity contribution in [3.05, 3.63) is 53.6 Å². The first-order valence-electron chi connectivity index (χ1n) is 6.21. The molecule has 0 fully saturated rings. The molecule has 2 aromatic rings. The third-order valence-corrected chi connectivity index (χ3v) is 3.30. The quantitative estimate of drug-likeness (QED) is 0.872. The maximum Gasteiger partial charge on any atom is 0.269 e. The molecule has 0 radical (unpaired) electrons. The monoisotopic (exact) mass is 305 g/mol. The van der Waals surface area contributed by atoms with Crippen LogP contribution in [0.15, 0.2) is 47.9 Å². The van der Waals surface area contributed by atoms with Gasteiger partial charge in [-0.3, -0.25) is 9.89 Å².